The summed E-state index contributed by atoms with van der Waals surface area (Å²) in [5.41, 5.74) is 7.65. The molecule has 0 fully saturated rings. The minimum absolute atomic E-state index is 0.581. The lowest BCUT2D eigenvalue weighted by Gasteiger charge is -2.05. The van der Waals surface area contributed by atoms with Gasteiger partial charge in [0, 0.05) is 17.6 Å². The first-order valence-electron chi connectivity index (χ1n) is 4.99. The molecule has 2 N–H and O–H groups in total. The standard InChI is InChI=1S/C11H14BrN3/c1-7(2)6-15-10-4-3-8(13)5-9(10)11(12)14-15/h3-5,7H,6,13H2,1-2H3. The molecule has 1 heterocycles. The first-order valence-corrected chi connectivity index (χ1v) is 5.79. The molecule has 0 unspecified atom stereocenters. The molecule has 0 aliphatic heterocycles. The maximum atomic E-state index is 5.75. The molecule has 0 aliphatic rings. The Hall–Kier alpha value is -1.03. The molecule has 0 saturated carbocycles. The molecule has 2 rings (SSSR count). The third-order valence-corrected chi connectivity index (χ3v) is 2.85. The van der Waals surface area contributed by atoms with Gasteiger partial charge in [0.25, 0.3) is 0 Å². The number of nitrogens with two attached hydrogens (primary N) is 1. The van der Waals surface area contributed by atoms with Crippen LogP contribution in [0.25, 0.3) is 10.9 Å². The number of hydrogen-bond donors (Lipinski definition) is 1. The van der Waals surface area contributed by atoms with E-state index in [0.29, 0.717) is 5.92 Å². The summed E-state index contributed by atoms with van der Waals surface area (Å²) in [7, 11) is 0. The second kappa shape index (κ2) is 3.85. The van der Waals surface area contributed by atoms with Crippen molar-refractivity contribution in [3.63, 3.8) is 0 Å². The highest BCUT2D eigenvalue weighted by Crippen LogP contribution is 2.25. The van der Waals surface area contributed by atoms with Crippen LogP contribution in [0.3, 0.4) is 0 Å². The van der Waals surface area contributed by atoms with Gasteiger partial charge in [-0.2, -0.15) is 5.10 Å². The molecule has 0 amide bonds. The van der Waals surface area contributed by atoms with Crippen LogP contribution in [-0.2, 0) is 6.54 Å². The maximum absolute atomic E-state index is 5.75. The lowest BCUT2D eigenvalue weighted by Crippen LogP contribution is -2.05. The number of anilines is 1. The number of nitrogen functional groups attached to an aromatic ring is 1. The molecule has 80 valence electrons. The molecule has 0 aliphatic carbocycles. The van der Waals surface area contributed by atoms with Crippen LogP contribution in [0.1, 0.15) is 13.8 Å². The molecule has 15 heavy (non-hydrogen) atoms. The Labute approximate surface area is 97.4 Å². The van der Waals surface area contributed by atoms with Gasteiger partial charge in [-0.1, -0.05) is 13.8 Å². The van der Waals surface area contributed by atoms with Crippen LogP contribution in [0.2, 0.25) is 0 Å². The summed E-state index contributed by atoms with van der Waals surface area (Å²) in [6.07, 6.45) is 0. The molecular weight excluding hydrogens is 254 g/mol. The molecule has 2 aromatic rings. The quantitative estimate of drug-likeness (QED) is 0.851. The fourth-order valence-corrected chi connectivity index (χ4v) is 2.15. The molecular formula is C11H14BrN3. The highest BCUT2D eigenvalue weighted by molar-refractivity contribution is 9.10. The normalized spacial score (nSPS) is 11.5. The molecule has 3 nitrogen and oxygen atoms in total. The summed E-state index contributed by atoms with van der Waals surface area (Å²) in [6, 6.07) is 5.88. The van der Waals surface area contributed by atoms with Crippen molar-refractivity contribution in [2.24, 2.45) is 5.92 Å². The minimum atomic E-state index is 0.581. The van der Waals surface area contributed by atoms with Gasteiger partial charge >= 0.3 is 0 Å². The topological polar surface area (TPSA) is 43.8 Å². The van der Waals surface area contributed by atoms with E-state index in [1.54, 1.807) is 0 Å². The van der Waals surface area contributed by atoms with Crippen LogP contribution in [0.4, 0.5) is 5.69 Å². The molecule has 4 heteroatoms. The van der Waals surface area contributed by atoms with E-state index < -0.39 is 0 Å². The second-order valence-electron chi connectivity index (χ2n) is 4.14. The van der Waals surface area contributed by atoms with Crippen LogP contribution in [0, 0.1) is 5.92 Å². The number of halogens is 1. The van der Waals surface area contributed by atoms with E-state index in [2.05, 4.69) is 34.9 Å². The molecule has 1 aromatic heterocycles. The summed E-state index contributed by atoms with van der Waals surface area (Å²) in [5, 5.41) is 5.53. The van der Waals surface area contributed by atoms with Gasteiger partial charge in [-0.05, 0) is 40.0 Å². The largest absolute Gasteiger partial charge is 0.399 e. The summed E-state index contributed by atoms with van der Waals surface area (Å²) >= 11 is 3.45. The van der Waals surface area contributed by atoms with Gasteiger partial charge in [0.15, 0.2) is 0 Å². The number of fused-ring (bicyclic) bond motifs is 1. The minimum Gasteiger partial charge on any atom is -0.399 e. The smallest absolute Gasteiger partial charge is 0.136 e. The Bertz CT molecular complexity index is 488. The van der Waals surface area contributed by atoms with Gasteiger partial charge in [-0.3, -0.25) is 4.68 Å². The van der Waals surface area contributed by atoms with Crippen LogP contribution < -0.4 is 5.73 Å². The molecule has 0 radical (unpaired) electrons. The lowest BCUT2D eigenvalue weighted by molar-refractivity contribution is 0.493. The summed E-state index contributed by atoms with van der Waals surface area (Å²) in [5.74, 6) is 0.581. The van der Waals surface area contributed by atoms with Crippen molar-refractivity contribution >= 4 is 32.5 Å². The van der Waals surface area contributed by atoms with Crippen LogP contribution in [0.5, 0.6) is 0 Å². The Morgan fingerprint density at radius 1 is 1.47 bits per heavy atom. The fourth-order valence-electron chi connectivity index (χ4n) is 1.64. The average molecular weight is 268 g/mol. The first-order chi connectivity index (χ1) is 7.08. The predicted molar refractivity (Wildman–Crippen MR) is 66.7 cm³/mol. The lowest BCUT2D eigenvalue weighted by atomic mass is 10.2. The van der Waals surface area contributed by atoms with Gasteiger partial charge in [0.1, 0.15) is 4.60 Å². The van der Waals surface area contributed by atoms with Crippen LogP contribution in [-0.4, -0.2) is 9.78 Å². The van der Waals surface area contributed by atoms with E-state index in [4.69, 9.17) is 5.73 Å². The fraction of sp³-hybridized carbons (Fsp3) is 0.364. The number of aromatic nitrogens is 2. The Kier molecular flexibility index (Phi) is 2.69. The number of rotatable bonds is 2. The van der Waals surface area contributed by atoms with Gasteiger partial charge in [-0.25, -0.2) is 0 Å². The number of nitrogens with zero attached hydrogens (tertiary/aromatic N) is 2. The number of hydrogen-bond acceptors (Lipinski definition) is 2. The zero-order valence-electron chi connectivity index (χ0n) is 8.87. The molecule has 0 atom stereocenters. The van der Waals surface area contributed by atoms with E-state index in [9.17, 15) is 0 Å². The predicted octanol–water partition coefficient (Wildman–Crippen LogP) is 3.04. The van der Waals surface area contributed by atoms with E-state index in [1.165, 1.54) is 0 Å². The Balaban J connectivity index is 2.57. The van der Waals surface area contributed by atoms with Gasteiger partial charge in [0.05, 0.1) is 5.52 Å². The maximum Gasteiger partial charge on any atom is 0.136 e. The average Bonchev–Trinajstić information content (AvgIpc) is 2.42. The van der Waals surface area contributed by atoms with Gasteiger partial charge < -0.3 is 5.73 Å². The first kappa shape index (κ1) is 10.5. The van der Waals surface area contributed by atoms with E-state index in [-0.39, 0.29) is 0 Å². The van der Waals surface area contributed by atoms with E-state index in [1.807, 2.05) is 22.9 Å². The monoisotopic (exact) mass is 267 g/mol. The third kappa shape index (κ3) is 2.00. The zero-order chi connectivity index (χ0) is 11.0. The SMILES string of the molecule is CC(C)Cn1nc(Br)c2cc(N)ccc21. The second-order valence-corrected chi connectivity index (χ2v) is 4.89. The zero-order valence-corrected chi connectivity index (χ0v) is 10.5. The highest BCUT2D eigenvalue weighted by atomic mass is 79.9. The van der Waals surface area contributed by atoms with Crippen molar-refractivity contribution in [2.45, 2.75) is 20.4 Å². The molecule has 1 aromatic carbocycles. The summed E-state index contributed by atoms with van der Waals surface area (Å²) in [4.78, 5) is 0. The molecule has 0 spiro atoms. The van der Waals surface area contributed by atoms with Crippen molar-refractivity contribution in [1.82, 2.24) is 9.78 Å². The van der Waals surface area contributed by atoms with E-state index in [0.717, 1.165) is 27.7 Å². The Morgan fingerprint density at radius 3 is 2.87 bits per heavy atom. The Morgan fingerprint density at radius 2 is 2.20 bits per heavy atom. The van der Waals surface area contributed by atoms with Crippen molar-refractivity contribution in [2.75, 3.05) is 5.73 Å². The van der Waals surface area contributed by atoms with Crippen LogP contribution in [0.15, 0.2) is 22.8 Å². The van der Waals surface area contributed by atoms with Crippen molar-refractivity contribution in [3.05, 3.63) is 22.8 Å². The van der Waals surface area contributed by atoms with Crippen molar-refractivity contribution < 1.29 is 0 Å². The van der Waals surface area contributed by atoms with E-state index >= 15 is 0 Å². The summed E-state index contributed by atoms with van der Waals surface area (Å²) in [6.45, 7) is 5.28. The number of benzene rings is 1. The van der Waals surface area contributed by atoms with Gasteiger partial charge in [0.2, 0.25) is 0 Å². The van der Waals surface area contributed by atoms with Crippen LogP contribution >= 0.6 is 15.9 Å². The third-order valence-electron chi connectivity index (χ3n) is 2.27. The van der Waals surface area contributed by atoms with Gasteiger partial charge in [-0.15, -0.1) is 0 Å². The van der Waals surface area contributed by atoms with Crippen molar-refractivity contribution in [1.29, 1.82) is 0 Å². The molecule has 0 saturated heterocycles. The van der Waals surface area contributed by atoms with Crippen molar-refractivity contribution in [3.8, 4) is 0 Å². The molecule has 0 bridgehead atoms. The summed E-state index contributed by atoms with van der Waals surface area (Å²) < 4.78 is 2.88. The highest BCUT2D eigenvalue weighted by Gasteiger charge is 2.09.